The summed E-state index contributed by atoms with van der Waals surface area (Å²) in [6.07, 6.45) is 8.17. The van der Waals surface area contributed by atoms with Crippen molar-refractivity contribution in [1.82, 2.24) is 25.0 Å². The second kappa shape index (κ2) is 8.92. The van der Waals surface area contributed by atoms with Crippen molar-refractivity contribution >= 4 is 0 Å². The van der Waals surface area contributed by atoms with Crippen molar-refractivity contribution in [3.63, 3.8) is 0 Å². The molecule has 1 aliphatic carbocycles. The highest BCUT2D eigenvalue weighted by molar-refractivity contribution is 5.36. The van der Waals surface area contributed by atoms with E-state index in [0.29, 0.717) is 0 Å². The highest BCUT2D eigenvalue weighted by Crippen LogP contribution is 2.28. The Kier molecular flexibility index (Phi) is 6.12. The van der Waals surface area contributed by atoms with Crippen LogP contribution < -0.4 is 15.7 Å². The van der Waals surface area contributed by atoms with Crippen molar-refractivity contribution < 1.29 is 4.74 Å². The van der Waals surface area contributed by atoms with Crippen molar-refractivity contribution in [2.45, 2.75) is 44.6 Å². The van der Waals surface area contributed by atoms with Gasteiger partial charge in [-0.25, -0.2) is 4.79 Å². The van der Waals surface area contributed by atoms with Gasteiger partial charge in [-0.15, -0.1) is 5.10 Å². The van der Waals surface area contributed by atoms with E-state index in [1.165, 1.54) is 43.2 Å². The standard InChI is InChI=1S/C21H31N5O2/c1-28-18-9-7-17(8-10-18)26-21(27)23-20(24-26)19-15-22-12-14-25(19)13-11-16-5-3-2-4-6-16/h7-10,16,19,22H,2-6,11-15H2,1H3,(H,23,24,27). The summed E-state index contributed by atoms with van der Waals surface area (Å²) in [6, 6.07) is 7.50. The molecule has 0 radical (unpaired) electrons. The van der Waals surface area contributed by atoms with Gasteiger partial charge < -0.3 is 10.1 Å². The van der Waals surface area contributed by atoms with E-state index in [-0.39, 0.29) is 11.7 Å². The monoisotopic (exact) mass is 385 g/mol. The number of rotatable bonds is 6. The fourth-order valence-electron chi connectivity index (χ4n) is 4.50. The molecule has 2 heterocycles. The van der Waals surface area contributed by atoms with Gasteiger partial charge in [-0.1, -0.05) is 32.1 Å². The fraction of sp³-hybridized carbons (Fsp3) is 0.619. The number of aromatic nitrogens is 3. The zero-order chi connectivity index (χ0) is 19.3. The maximum absolute atomic E-state index is 12.5. The molecule has 2 fully saturated rings. The molecule has 1 unspecified atom stereocenters. The molecule has 0 spiro atoms. The summed E-state index contributed by atoms with van der Waals surface area (Å²) in [6.45, 7) is 3.88. The molecule has 1 aromatic carbocycles. The van der Waals surface area contributed by atoms with Crippen LogP contribution in [0.25, 0.3) is 5.69 Å². The summed E-state index contributed by atoms with van der Waals surface area (Å²) in [7, 11) is 1.63. The van der Waals surface area contributed by atoms with Gasteiger partial charge in [-0.3, -0.25) is 9.88 Å². The number of aromatic amines is 1. The predicted octanol–water partition coefficient (Wildman–Crippen LogP) is 2.49. The third-order valence-corrected chi connectivity index (χ3v) is 6.17. The Balaban J connectivity index is 1.48. The molecule has 1 aliphatic heterocycles. The Hall–Kier alpha value is -2.12. The molecule has 4 rings (SSSR count). The number of hydrogen-bond acceptors (Lipinski definition) is 5. The molecule has 0 amide bonds. The van der Waals surface area contributed by atoms with Crippen molar-refractivity contribution in [1.29, 1.82) is 0 Å². The molecule has 1 saturated heterocycles. The number of hydrogen-bond donors (Lipinski definition) is 2. The third-order valence-electron chi connectivity index (χ3n) is 6.17. The minimum Gasteiger partial charge on any atom is -0.497 e. The first-order chi connectivity index (χ1) is 13.7. The SMILES string of the molecule is COc1ccc(-n2nc(C3CNCCN3CCC3CCCCC3)[nH]c2=O)cc1. The maximum Gasteiger partial charge on any atom is 0.348 e. The van der Waals surface area contributed by atoms with Gasteiger partial charge in [0.05, 0.1) is 18.8 Å². The van der Waals surface area contributed by atoms with Gasteiger partial charge in [0.15, 0.2) is 0 Å². The number of benzene rings is 1. The lowest BCUT2D eigenvalue weighted by Crippen LogP contribution is -2.47. The topological polar surface area (TPSA) is 75.2 Å². The van der Waals surface area contributed by atoms with Gasteiger partial charge in [-0.05, 0) is 43.1 Å². The first kappa shape index (κ1) is 19.2. The molecule has 1 atom stereocenters. The molecule has 2 N–H and O–H groups in total. The summed E-state index contributed by atoms with van der Waals surface area (Å²) >= 11 is 0. The van der Waals surface area contributed by atoms with Gasteiger partial charge in [0, 0.05) is 19.6 Å². The first-order valence-electron chi connectivity index (χ1n) is 10.5. The average Bonchev–Trinajstić information content (AvgIpc) is 3.14. The highest BCUT2D eigenvalue weighted by Gasteiger charge is 2.28. The Bertz CT molecular complexity index is 807. The van der Waals surface area contributed by atoms with E-state index < -0.39 is 0 Å². The average molecular weight is 386 g/mol. The molecular weight excluding hydrogens is 354 g/mol. The third kappa shape index (κ3) is 4.31. The van der Waals surface area contributed by atoms with Crippen LogP contribution in [0, 0.1) is 5.92 Å². The molecule has 152 valence electrons. The number of methoxy groups -OCH3 is 1. The Morgan fingerprint density at radius 1 is 1.18 bits per heavy atom. The predicted molar refractivity (Wildman–Crippen MR) is 109 cm³/mol. The van der Waals surface area contributed by atoms with Gasteiger partial charge in [0.1, 0.15) is 11.6 Å². The summed E-state index contributed by atoms with van der Waals surface area (Å²) in [5.74, 6) is 2.37. The molecular formula is C21H31N5O2. The van der Waals surface area contributed by atoms with E-state index in [0.717, 1.165) is 49.4 Å². The van der Waals surface area contributed by atoms with E-state index in [1.807, 2.05) is 24.3 Å². The smallest absolute Gasteiger partial charge is 0.348 e. The maximum atomic E-state index is 12.5. The van der Waals surface area contributed by atoms with E-state index >= 15 is 0 Å². The fourth-order valence-corrected chi connectivity index (χ4v) is 4.50. The van der Waals surface area contributed by atoms with Crippen LogP contribution in [-0.2, 0) is 0 Å². The van der Waals surface area contributed by atoms with Crippen LogP contribution in [0.5, 0.6) is 5.75 Å². The minimum atomic E-state index is -0.196. The molecule has 7 nitrogen and oxygen atoms in total. The second-order valence-corrected chi connectivity index (χ2v) is 7.97. The summed E-state index contributed by atoms with van der Waals surface area (Å²) in [4.78, 5) is 18.0. The lowest BCUT2D eigenvalue weighted by molar-refractivity contribution is 0.139. The molecule has 2 aromatic rings. The van der Waals surface area contributed by atoms with Gasteiger partial charge in [-0.2, -0.15) is 4.68 Å². The van der Waals surface area contributed by atoms with Crippen LogP contribution in [0.2, 0.25) is 0 Å². The largest absolute Gasteiger partial charge is 0.497 e. The van der Waals surface area contributed by atoms with E-state index in [2.05, 4.69) is 20.3 Å². The Labute approximate surface area is 166 Å². The van der Waals surface area contributed by atoms with Gasteiger partial charge in [0.2, 0.25) is 0 Å². The van der Waals surface area contributed by atoms with Crippen molar-refractivity contribution in [3.8, 4) is 11.4 Å². The minimum absolute atomic E-state index is 0.115. The number of H-pyrrole nitrogens is 1. The van der Waals surface area contributed by atoms with E-state index in [4.69, 9.17) is 4.74 Å². The van der Waals surface area contributed by atoms with Crippen LogP contribution in [0.15, 0.2) is 29.1 Å². The van der Waals surface area contributed by atoms with Gasteiger partial charge >= 0.3 is 5.69 Å². The quantitative estimate of drug-likeness (QED) is 0.799. The number of ether oxygens (including phenoxy) is 1. The van der Waals surface area contributed by atoms with Crippen LogP contribution in [-0.4, -0.2) is 53.0 Å². The van der Waals surface area contributed by atoms with Crippen LogP contribution in [0.3, 0.4) is 0 Å². The highest BCUT2D eigenvalue weighted by atomic mass is 16.5. The molecule has 2 aliphatic rings. The Morgan fingerprint density at radius 2 is 1.96 bits per heavy atom. The Morgan fingerprint density at radius 3 is 2.71 bits per heavy atom. The number of nitrogens with one attached hydrogen (secondary N) is 2. The van der Waals surface area contributed by atoms with Gasteiger partial charge in [0.25, 0.3) is 0 Å². The number of nitrogens with zero attached hydrogens (tertiary/aromatic N) is 3. The zero-order valence-corrected chi connectivity index (χ0v) is 16.7. The van der Waals surface area contributed by atoms with Crippen molar-refractivity contribution in [2.75, 3.05) is 33.3 Å². The van der Waals surface area contributed by atoms with Crippen LogP contribution in [0.4, 0.5) is 0 Å². The zero-order valence-electron chi connectivity index (χ0n) is 16.7. The molecule has 28 heavy (non-hydrogen) atoms. The van der Waals surface area contributed by atoms with Crippen LogP contribution >= 0.6 is 0 Å². The second-order valence-electron chi connectivity index (χ2n) is 7.97. The summed E-state index contributed by atoms with van der Waals surface area (Å²) < 4.78 is 6.64. The lowest BCUT2D eigenvalue weighted by atomic mass is 9.87. The summed E-state index contributed by atoms with van der Waals surface area (Å²) in [5.41, 5.74) is 0.545. The normalized spacial score (nSPS) is 21.7. The van der Waals surface area contributed by atoms with Crippen molar-refractivity contribution in [3.05, 3.63) is 40.6 Å². The molecule has 7 heteroatoms. The molecule has 1 saturated carbocycles. The molecule has 0 bridgehead atoms. The summed E-state index contributed by atoms with van der Waals surface area (Å²) in [5, 5.41) is 8.09. The number of piperazine rings is 1. The van der Waals surface area contributed by atoms with Crippen molar-refractivity contribution in [2.24, 2.45) is 5.92 Å². The van der Waals surface area contributed by atoms with E-state index in [9.17, 15) is 4.79 Å². The van der Waals surface area contributed by atoms with E-state index in [1.54, 1.807) is 7.11 Å². The van der Waals surface area contributed by atoms with Crippen LogP contribution in [0.1, 0.15) is 50.4 Å². The lowest BCUT2D eigenvalue weighted by Gasteiger charge is -2.36. The molecule has 1 aromatic heterocycles. The first-order valence-corrected chi connectivity index (χ1v) is 10.5.